The van der Waals surface area contributed by atoms with Gasteiger partial charge in [-0.2, -0.15) is 15.0 Å². The topological polar surface area (TPSA) is 628 Å². The van der Waals surface area contributed by atoms with E-state index in [1.165, 1.54) is 38.2 Å². The van der Waals surface area contributed by atoms with E-state index in [2.05, 4.69) is 24.9 Å². The minimum atomic E-state index is -5.55. The van der Waals surface area contributed by atoms with Gasteiger partial charge in [0.15, 0.2) is 0 Å². The van der Waals surface area contributed by atoms with E-state index < -0.39 is 230 Å². The summed E-state index contributed by atoms with van der Waals surface area (Å²) in [6, 6.07) is 3.66. The monoisotopic (exact) mass is 1480 g/mol. The van der Waals surface area contributed by atoms with Crippen molar-refractivity contribution in [3.8, 4) is 0 Å². The molecule has 20 atom stereocenters. The van der Waals surface area contributed by atoms with Crippen LogP contribution in [0.2, 0.25) is 0 Å². The first kappa shape index (κ1) is 73.3. The first-order chi connectivity index (χ1) is 45.6. The van der Waals surface area contributed by atoms with Gasteiger partial charge in [0.2, 0.25) is 0 Å². The molecule has 5 unspecified atom stereocenters. The molecule has 50 heteroatoms. The number of aliphatic hydroxyl groups is 1. The van der Waals surface area contributed by atoms with E-state index >= 15 is 0 Å². The molecule has 5 aliphatic heterocycles. The third-order valence-corrected chi connectivity index (χ3v) is 19.8. The number of aliphatic hydroxyl groups excluding tert-OH is 1. The Morgan fingerprint density at radius 3 is 1.07 bits per heavy atom. The summed E-state index contributed by atoms with van der Waals surface area (Å²) < 4.78 is 149. The van der Waals surface area contributed by atoms with Gasteiger partial charge in [0.05, 0.1) is 32.5 Å². The molecular weight excluding hydrogens is 1410 g/mol. The average Bonchev–Trinajstić information content (AvgIpc) is 1.69. The fraction of sp³-hybridized carbons (Fsp3) is 0.574. The number of nitrogens with zero attached hydrogens (tertiary/aromatic N) is 8. The Labute approximate surface area is 541 Å². The van der Waals surface area contributed by atoms with Crippen LogP contribution in [-0.4, -0.2) is 171 Å². The van der Waals surface area contributed by atoms with Crippen LogP contribution in [0.15, 0.2) is 82.7 Å². The molecule has 0 aromatic carbocycles. The van der Waals surface area contributed by atoms with E-state index in [1.807, 2.05) is 0 Å². The molecule has 0 amide bonds. The van der Waals surface area contributed by atoms with Gasteiger partial charge in [-0.05, 0) is 32.0 Å². The maximum Gasteiger partial charge on any atom is 0.694 e. The number of H-pyrrole nitrogens is 2. The highest BCUT2D eigenvalue weighted by molar-refractivity contribution is 7.48. The van der Waals surface area contributed by atoms with Crippen molar-refractivity contribution in [3.63, 3.8) is 0 Å². The smallest absolute Gasteiger partial charge is 0.390 e. The standard InChI is InChI=1S/C47H62N13O32P5/c1-21-14-59(46(67)54-41(21)62)39-12-24(29(85-39)16-79-93(69)70)89-95(73,74)81-18-30-25(10-37(86-30)57-7-4-34(49)52-44(57)65)90-96(75,76)82-19-31-26(11-38(87-31)58-8-5-35(50)53-45(58)66)91-97(77,78)83-20-32-27(13-40(88-32)60-15-22(2)42(63)55-47(60)68)92-94(71,72)80-17-28-23(61)9-36(84-28)56-6-3-33(48)51-43(56)64/h3-8,14-15,23-32,36-40,61H,9-13,16-20H2,1-2H3,(H12-,48,49,50,51,52,53,54,55,62,63,64,65,66,67,68,69,70,71,72,73,74,75,76,77,78)/p+1/t23-,24-,25-,26-,27-,28+,29+,30+,31+,32+,36+,37+,38+,39+,40+/m0/s1. The normalized spacial score (nSPS) is 30.0. The third-order valence-electron chi connectivity index (χ3n) is 15.4. The molecule has 0 bridgehead atoms. The number of phosphoric ester groups is 4. The molecule has 5 aliphatic rings. The summed E-state index contributed by atoms with van der Waals surface area (Å²) >= 11 is 0. The molecule has 5 aromatic rings. The molecule has 5 fully saturated rings. The molecule has 97 heavy (non-hydrogen) atoms. The zero-order valence-electron chi connectivity index (χ0n) is 50.2. The van der Waals surface area contributed by atoms with Crippen molar-refractivity contribution in [2.75, 3.05) is 50.2 Å². The molecule has 0 aliphatic carbocycles. The van der Waals surface area contributed by atoms with E-state index in [0.717, 1.165) is 47.6 Å². The summed E-state index contributed by atoms with van der Waals surface area (Å²) in [5.41, 5.74) is 10.7. The van der Waals surface area contributed by atoms with Crippen molar-refractivity contribution in [1.82, 2.24) is 47.8 Å². The molecular formula is C47H63N13O32P5+. The predicted molar refractivity (Wildman–Crippen MR) is 318 cm³/mol. The van der Waals surface area contributed by atoms with Gasteiger partial charge in [0.1, 0.15) is 110 Å². The first-order valence-corrected chi connectivity index (χ1v) is 35.7. The van der Waals surface area contributed by atoms with E-state index in [4.69, 9.17) is 81.6 Å². The van der Waals surface area contributed by atoms with Crippen molar-refractivity contribution >= 4 is 57.0 Å². The average molecular weight is 1480 g/mol. The molecule has 10 heterocycles. The Hall–Kier alpha value is -6.38. The molecule has 10 rings (SSSR count). The van der Waals surface area contributed by atoms with E-state index in [-0.39, 0.29) is 35.0 Å². The Kier molecular flexibility index (Phi) is 22.5. The van der Waals surface area contributed by atoms with Gasteiger partial charge in [-0.1, -0.05) is 0 Å². The van der Waals surface area contributed by atoms with Crippen LogP contribution in [0.3, 0.4) is 0 Å². The number of ether oxygens (including phenoxy) is 5. The second-order valence-corrected chi connectivity index (χ2v) is 28.5. The lowest BCUT2D eigenvalue weighted by atomic mass is 10.2. The quantitative estimate of drug-likeness (QED) is 0.0235. The van der Waals surface area contributed by atoms with Gasteiger partial charge in [-0.15, -0.1) is 9.42 Å². The van der Waals surface area contributed by atoms with Crippen molar-refractivity contribution in [1.29, 1.82) is 0 Å². The molecule has 532 valence electrons. The van der Waals surface area contributed by atoms with E-state index in [1.54, 1.807) is 0 Å². The second kappa shape index (κ2) is 29.8. The van der Waals surface area contributed by atoms with Gasteiger partial charge >= 0.3 is 68.0 Å². The highest BCUT2D eigenvalue weighted by Gasteiger charge is 2.50. The zero-order valence-corrected chi connectivity index (χ0v) is 54.7. The van der Waals surface area contributed by atoms with Crippen molar-refractivity contribution < 1.29 is 117 Å². The van der Waals surface area contributed by atoms with E-state index in [0.29, 0.717) is 0 Å². The van der Waals surface area contributed by atoms with Gasteiger partial charge in [-0.25, -0.2) is 42.2 Å². The third kappa shape index (κ3) is 18.4. The summed E-state index contributed by atoms with van der Waals surface area (Å²) in [5, 5.41) is 10.7. The number of aryl methyl sites for hydroxylation is 2. The number of hydrogen-bond acceptors (Lipinski definition) is 33. The van der Waals surface area contributed by atoms with Gasteiger partial charge in [-0.3, -0.25) is 78.6 Å². The summed E-state index contributed by atoms with van der Waals surface area (Å²) in [5.74, 6) is -0.544. The maximum absolute atomic E-state index is 14.1. The second-order valence-electron chi connectivity index (χ2n) is 22.1. The van der Waals surface area contributed by atoms with Crippen molar-refractivity contribution in [2.24, 2.45) is 0 Å². The molecule has 0 radical (unpaired) electrons. The Bertz CT molecular complexity index is 4400. The van der Waals surface area contributed by atoms with Crippen LogP contribution in [0.4, 0.5) is 17.5 Å². The molecule has 5 aromatic heterocycles. The number of aromatic amines is 2. The Morgan fingerprint density at radius 1 is 0.485 bits per heavy atom. The number of phosphoric acid groups is 4. The van der Waals surface area contributed by atoms with E-state index in [9.17, 15) is 86.0 Å². The molecule has 45 nitrogen and oxygen atoms in total. The number of nitrogens with one attached hydrogen (secondary N) is 2. The summed E-state index contributed by atoms with van der Waals surface area (Å²) in [6.07, 6.45) is -19.3. The summed E-state index contributed by atoms with van der Waals surface area (Å²) in [4.78, 5) is 158. The molecule has 14 N–H and O–H groups in total. The number of rotatable bonds is 28. The highest BCUT2D eigenvalue weighted by Crippen LogP contribution is 2.55. The minimum absolute atomic E-state index is 0.00784. The van der Waals surface area contributed by atoms with Crippen LogP contribution in [0, 0.1) is 13.8 Å². The fourth-order valence-corrected chi connectivity index (χ4v) is 14.8. The van der Waals surface area contributed by atoms with Gasteiger partial charge in [0, 0.05) is 78.8 Å². The fourth-order valence-electron chi connectivity index (χ4n) is 10.7. The molecule has 0 saturated carbocycles. The Balaban J connectivity index is 0.826. The number of aromatic nitrogens is 10. The van der Waals surface area contributed by atoms with Gasteiger partial charge < -0.3 is 65.6 Å². The predicted octanol–water partition coefficient (Wildman–Crippen LogP) is -2.31. The lowest BCUT2D eigenvalue weighted by molar-refractivity contribution is -0.0648. The van der Waals surface area contributed by atoms with Crippen LogP contribution < -0.4 is 56.8 Å². The molecule has 0 spiro atoms. The largest absolute Gasteiger partial charge is 0.694 e. The molecule has 5 saturated heterocycles. The van der Waals surface area contributed by atoms with Crippen molar-refractivity contribution in [3.05, 3.63) is 133 Å². The van der Waals surface area contributed by atoms with Crippen LogP contribution in [-0.2, 0) is 87.2 Å². The highest BCUT2D eigenvalue weighted by atomic mass is 31.2. The SMILES string of the molecule is Cc1cn([C@H]2C[C@H](OP(=O)(O)OC[C@H]3O[C@@H](n4ccc(N)nc4=O)C[C@@H]3OP(=O)(O)OC[C@H]3O[C@@H](n4ccc(N)nc4=O)C[C@@H]3OP(=O)(O)OC[C@H]3O[C@@H](n4cc(C)c(=O)[nH]c4=O)C[C@@H]3OP(=O)(O)OC[C@H]3O[C@@H](n4ccc(N)nc4=O)C[C@@H]3O)[C@@H](CO[P+](=O)O)O2)c(=O)[nH]c1=O. The maximum atomic E-state index is 14.1. The number of hydrogen-bond donors (Lipinski definition) is 11. The van der Waals surface area contributed by atoms with Gasteiger partial charge in [0.25, 0.3) is 11.1 Å². The van der Waals surface area contributed by atoms with Crippen LogP contribution in [0.5, 0.6) is 0 Å². The van der Waals surface area contributed by atoms with Crippen LogP contribution in [0.1, 0.15) is 74.4 Å². The summed E-state index contributed by atoms with van der Waals surface area (Å²) in [7, 11) is -25.0. The Morgan fingerprint density at radius 2 is 0.763 bits per heavy atom. The number of anilines is 3. The first-order valence-electron chi connectivity index (χ1n) is 28.6. The zero-order chi connectivity index (χ0) is 70.2. The van der Waals surface area contributed by atoms with Crippen molar-refractivity contribution in [2.45, 2.75) is 138 Å². The number of nitrogen functional groups attached to an aromatic ring is 3. The lowest BCUT2D eigenvalue weighted by Crippen LogP contribution is -2.33. The minimum Gasteiger partial charge on any atom is -0.390 e. The summed E-state index contributed by atoms with van der Waals surface area (Å²) in [6.45, 7) is -2.10. The van der Waals surface area contributed by atoms with Crippen LogP contribution in [0.25, 0.3) is 0 Å². The number of nitrogens with two attached hydrogens (primary N) is 3. The lowest BCUT2D eigenvalue weighted by Gasteiger charge is -2.25. The van der Waals surface area contributed by atoms with Crippen LogP contribution >= 0.6 is 39.5 Å².